The Morgan fingerprint density at radius 3 is 2.53 bits per heavy atom. The number of nitrogen functional groups attached to an aromatic ring is 1. The van der Waals surface area contributed by atoms with E-state index in [4.69, 9.17) is 16.2 Å². The largest absolute Gasteiger partial charge is 0.481 e. The zero-order chi connectivity index (χ0) is 14.2. The Morgan fingerprint density at radius 2 is 2.05 bits per heavy atom. The number of rotatable bonds is 2. The number of aromatic nitrogens is 3. The van der Waals surface area contributed by atoms with E-state index in [0.717, 1.165) is 15.9 Å². The molecule has 1 amide bonds. The number of nitrogens with zero attached hydrogens (tertiary/aromatic N) is 3. The number of hydrogen-bond donors (Lipinski definition) is 2. The summed E-state index contributed by atoms with van der Waals surface area (Å²) < 4.78 is 6.13. The van der Waals surface area contributed by atoms with Crippen LogP contribution in [-0.4, -0.2) is 27.9 Å². The molecular formula is C12H15N5O2. The number of anilines is 1. The van der Waals surface area contributed by atoms with Crippen LogP contribution in [0.1, 0.15) is 11.4 Å². The third-order valence-electron chi connectivity index (χ3n) is 2.89. The van der Waals surface area contributed by atoms with E-state index >= 15 is 0 Å². The van der Waals surface area contributed by atoms with Gasteiger partial charge in [0.2, 0.25) is 5.88 Å². The quantitative estimate of drug-likeness (QED) is 0.840. The van der Waals surface area contributed by atoms with Crippen molar-refractivity contribution in [3.05, 3.63) is 23.5 Å². The number of ether oxygens (including phenoxy) is 1. The number of primary amides is 1. The van der Waals surface area contributed by atoms with Crippen LogP contribution in [0.15, 0.2) is 12.1 Å². The van der Waals surface area contributed by atoms with Gasteiger partial charge in [0.1, 0.15) is 0 Å². The lowest BCUT2D eigenvalue weighted by atomic mass is 10.0. The van der Waals surface area contributed by atoms with Gasteiger partial charge in [-0.15, -0.1) is 5.10 Å². The number of methoxy groups -OCH3 is 1. The van der Waals surface area contributed by atoms with Crippen molar-refractivity contribution in [3.8, 4) is 17.0 Å². The van der Waals surface area contributed by atoms with Crippen molar-refractivity contribution < 1.29 is 9.53 Å². The van der Waals surface area contributed by atoms with Crippen molar-refractivity contribution in [3.63, 3.8) is 0 Å². The summed E-state index contributed by atoms with van der Waals surface area (Å²) in [4.78, 5) is 15.5. The van der Waals surface area contributed by atoms with Gasteiger partial charge < -0.3 is 16.2 Å². The smallest absolute Gasteiger partial charge is 0.339 e. The summed E-state index contributed by atoms with van der Waals surface area (Å²) in [6.07, 6.45) is 0. The van der Waals surface area contributed by atoms with E-state index in [0.29, 0.717) is 17.1 Å². The van der Waals surface area contributed by atoms with Crippen molar-refractivity contribution in [1.29, 1.82) is 0 Å². The van der Waals surface area contributed by atoms with Crippen molar-refractivity contribution in [2.45, 2.75) is 13.8 Å². The Balaban J connectivity index is 2.62. The van der Waals surface area contributed by atoms with Gasteiger partial charge >= 0.3 is 6.03 Å². The molecule has 7 nitrogen and oxygen atoms in total. The van der Waals surface area contributed by atoms with Crippen LogP contribution in [0.5, 0.6) is 5.88 Å². The van der Waals surface area contributed by atoms with E-state index in [9.17, 15) is 4.79 Å². The molecule has 0 saturated carbocycles. The lowest BCUT2D eigenvalue weighted by molar-refractivity contribution is 0.247. The average molecular weight is 261 g/mol. The van der Waals surface area contributed by atoms with Gasteiger partial charge in [0.25, 0.3) is 0 Å². The third-order valence-corrected chi connectivity index (χ3v) is 2.89. The molecule has 100 valence electrons. The van der Waals surface area contributed by atoms with E-state index in [1.807, 2.05) is 13.0 Å². The number of carbonyl (C=O) groups is 1. The zero-order valence-electron chi connectivity index (χ0n) is 11.0. The topological polar surface area (TPSA) is 109 Å². The molecule has 0 aliphatic carbocycles. The second kappa shape index (κ2) is 4.60. The van der Waals surface area contributed by atoms with Gasteiger partial charge in [-0.1, -0.05) is 0 Å². The lowest BCUT2D eigenvalue weighted by Gasteiger charge is -2.07. The molecular weight excluding hydrogens is 246 g/mol. The van der Waals surface area contributed by atoms with Gasteiger partial charge in [0, 0.05) is 22.9 Å². The van der Waals surface area contributed by atoms with Crippen LogP contribution >= 0.6 is 0 Å². The predicted octanol–water partition coefficient (Wildman–Crippen LogP) is 1.08. The first-order valence-corrected chi connectivity index (χ1v) is 5.62. The molecule has 0 atom stereocenters. The molecule has 0 aromatic carbocycles. The van der Waals surface area contributed by atoms with E-state index in [-0.39, 0.29) is 5.82 Å². The maximum absolute atomic E-state index is 11.2. The Kier molecular flexibility index (Phi) is 3.12. The molecule has 2 aromatic rings. The number of pyridine rings is 1. The van der Waals surface area contributed by atoms with Crippen LogP contribution in [0, 0.1) is 13.8 Å². The summed E-state index contributed by atoms with van der Waals surface area (Å²) >= 11 is 0. The summed E-state index contributed by atoms with van der Waals surface area (Å²) in [5.41, 5.74) is 13.9. The number of hydrogen-bond acceptors (Lipinski definition) is 5. The van der Waals surface area contributed by atoms with Crippen molar-refractivity contribution in [2.75, 3.05) is 12.8 Å². The normalized spacial score (nSPS) is 10.5. The van der Waals surface area contributed by atoms with Crippen molar-refractivity contribution >= 4 is 11.8 Å². The molecule has 0 unspecified atom stereocenters. The molecule has 0 fully saturated rings. The molecule has 7 heteroatoms. The second-order valence-electron chi connectivity index (χ2n) is 4.08. The minimum Gasteiger partial charge on any atom is -0.481 e. The highest BCUT2D eigenvalue weighted by molar-refractivity contribution is 5.83. The van der Waals surface area contributed by atoms with Crippen LogP contribution < -0.4 is 16.2 Å². The van der Waals surface area contributed by atoms with Crippen LogP contribution in [-0.2, 0) is 0 Å². The van der Waals surface area contributed by atoms with E-state index in [2.05, 4.69) is 10.1 Å². The van der Waals surface area contributed by atoms with Crippen molar-refractivity contribution in [2.24, 2.45) is 5.73 Å². The average Bonchev–Trinajstić information content (AvgIpc) is 2.65. The summed E-state index contributed by atoms with van der Waals surface area (Å²) in [6.45, 7) is 3.56. The number of aryl methyl sites for hydroxylation is 1. The standard InChI is InChI=1S/C12H15N5O2/c1-6-8(4-5-9(15-6)19-3)10-7(2)17(12(14)18)16-11(10)13/h4-5H,1-3H3,(H2,13,16)(H2,14,18). The van der Waals surface area contributed by atoms with Gasteiger partial charge in [0.15, 0.2) is 5.82 Å². The molecule has 4 N–H and O–H groups in total. The van der Waals surface area contributed by atoms with Gasteiger partial charge in [0.05, 0.1) is 12.8 Å². The first-order valence-electron chi connectivity index (χ1n) is 5.62. The third kappa shape index (κ3) is 2.10. The fraction of sp³-hybridized carbons (Fsp3) is 0.250. The van der Waals surface area contributed by atoms with Crippen LogP contribution in [0.4, 0.5) is 10.6 Å². The highest BCUT2D eigenvalue weighted by Gasteiger charge is 2.19. The summed E-state index contributed by atoms with van der Waals surface area (Å²) in [5, 5.41) is 3.93. The Morgan fingerprint density at radius 1 is 1.37 bits per heavy atom. The fourth-order valence-electron chi connectivity index (χ4n) is 1.99. The van der Waals surface area contributed by atoms with Gasteiger partial charge in [-0.2, -0.15) is 4.68 Å². The maximum Gasteiger partial charge on any atom is 0.339 e. The first kappa shape index (κ1) is 12.9. The van der Waals surface area contributed by atoms with Crippen LogP contribution in [0.25, 0.3) is 11.1 Å². The molecule has 0 saturated heterocycles. The Hall–Kier alpha value is -2.57. The first-order chi connectivity index (χ1) is 8.95. The lowest BCUT2D eigenvalue weighted by Crippen LogP contribution is -2.22. The highest BCUT2D eigenvalue weighted by Crippen LogP contribution is 2.31. The Bertz CT molecular complexity index is 648. The molecule has 0 radical (unpaired) electrons. The molecule has 2 rings (SSSR count). The summed E-state index contributed by atoms with van der Waals surface area (Å²) in [6, 6.07) is 2.88. The zero-order valence-corrected chi connectivity index (χ0v) is 11.0. The van der Waals surface area contributed by atoms with E-state index < -0.39 is 6.03 Å². The summed E-state index contributed by atoms with van der Waals surface area (Å²) in [5.74, 6) is 0.756. The van der Waals surface area contributed by atoms with Crippen LogP contribution in [0.2, 0.25) is 0 Å². The van der Waals surface area contributed by atoms with E-state index in [1.165, 1.54) is 0 Å². The van der Waals surface area contributed by atoms with Gasteiger partial charge in [-0.25, -0.2) is 9.78 Å². The van der Waals surface area contributed by atoms with E-state index in [1.54, 1.807) is 20.1 Å². The van der Waals surface area contributed by atoms with Crippen LogP contribution in [0.3, 0.4) is 0 Å². The molecule has 19 heavy (non-hydrogen) atoms. The monoisotopic (exact) mass is 261 g/mol. The minimum absolute atomic E-state index is 0.242. The van der Waals surface area contributed by atoms with Crippen molar-refractivity contribution in [1.82, 2.24) is 14.8 Å². The molecule has 0 bridgehead atoms. The number of carbonyl (C=O) groups excluding carboxylic acids is 1. The maximum atomic E-state index is 11.2. The summed E-state index contributed by atoms with van der Waals surface area (Å²) in [7, 11) is 1.55. The van der Waals surface area contributed by atoms with Gasteiger partial charge in [-0.05, 0) is 19.9 Å². The number of nitrogens with two attached hydrogens (primary N) is 2. The fourth-order valence-corrected chi connectivity index (χ4v) is 1.99. The second-order valence-corrected chi connectivity index (χ2v) is 4.08. The Labute approximate surface area is 110 Å². The highest BCUT2D eigenvalue weighted by atomic mass is 16.5. The molecule has 0 aliphatic rings. The molecule has 2 heterocycles. The SMILES string of the molecule is COc1ccc(-c2c(N)nn(C(N)=O)c2C)c(C)n1. The minimum atomic E-state index is -0.672. The predicted molar refractivity (Wildman–Crippen MR) is 70.9 cm³/mol. The molecule has 2 aromatic heterocycles. The number of amides is 1. The molecule has 0 spiro atoms. The molecule has 0 aliphatic heterocycles. The van der Waals surface area contributed by atoms with Gasteiger partial charge in [-0.3, -0.25) is 0 Å².